The van der Waals surface area contributed by atoms with E-state index in [0.29, 0.717) is 0 Å². The standard InChI is InChI=1S/C10H20N2/c1-9(2)4-6-12-7-5-11-10(3)8-12/h9,11H,3-8H2,1-2H3. The van der Waals surface area contributed by atoms with Gasteiger partial charge in [0.2, 0.25) is 0 Å². The van der Waals surface area contributed by atoms with Crippen molar-refractivity contribution in [1.82, 2.24) is 10.2 Å². The molecule has 2 nitrogen and oxygen atoms in total. The third-order valence-electron chi connectivity index (χ3n) is 2.24. The topological polar surface area (TPSA) is 15.3 Å². The molecule has 1 N–H and O–H groups in total. The minimum Gasteiger partial charge on any atom is -0.386 e. The second-order valence-corrected chi connectivity index (χ2v) is 3.99. The van der Waals surface area contributed by atoms with Gasteiger partial charge in [-0.3, -0.25) is 4.90 Å². The zero-order chi connectivity index (χ0) is 8.97. The van der Waals surface area contributed by atoms with E-state index in [1.165, 1.54) is 25.2 Å². The fraction of sp³-hybridized carbons (Fsp3) is 0.800. The van der Waals surface area contributed by atoms with Gasteiger partial charge in [0, 0.05) is 25.3 Å². The molecule has 0 bridgehead atoms. The molecule has 0 radical (unpaired) electrons. The van der Waals surface area contributed by atoms with Gasteiger partial charge in [0.1, 0.15) is 0 Å². The molecule has 0 atom stereocenters. The van der Waals surface area contributed by atoms with Crippen LogP contribution in [0.2, 0.25) is 0 Å². The molecule has 0 aromatic carbocycles. The highest BCUT2D eigenvalue weighted by molar-refractivity contribution is 4.97. The van der Waals surface area contributed by atoms with Gasteiger partial charge in [0.25, 0.3) is 0 Å². The highest BCUT2D eigenvalue weighted by atomic mass is 15.2. The van der Waals surface area contributed by atoms with Gasteiger partial charge in [-0.25, -0.2) is 0 Å². The van der Waals surface area contributed by atoms with Gasteiger partial charge >= 0.3 is 0 Å². The van der Waals surface area contributed by atoms with Crippen molar-refractivity contribution in [1.29, 1.82) is 0 Å². The number of nitrogens with zero attached hydrogens (tertiary/aromatic N) is 1. The highest BCUT2D eigenvalue weighted by Crippen LogP contribution is 2.05. The van der Waals surface area contributed by atoms with Crippen LogP contribution in [0, 0.1) is 5.92 Å². The lowest BCUT2D eigenvalue weighted by molar-refractivity contribution is 0.252. The Balaban J connectivity index is 2.18. The monoisotopic (exact) mass is 168 g/mol. The Kier molecular flexibility index (Phi) is 3.60. The average Bonchev–Trinajstić information content (AvgIpc) is 2.01. The van der Waals surface area contributed by atoms with Gasteiger partial charge in [-0.05, 0) is 18.9 Å². The van der Waals surface area contributed by atoms with Crippen LogP contribution in [-0.2, 0) is 0 Å². The third-order valence-corrected chi connectivity index (χ3v) is 2.24. The maximum absolute atomic E-state index is 3.94. The summed E-state index contributed by atoms with van der Waals surface area (Å²) >= 11 is 0. The summed E-state index contributed by atoms with van der Waals surface area (Å²) in [6.45, 7) is 13.0. The Bertz CT molecular complexity index is 152. The highest BCUT2D eigenvalue weighted by Gasteiger charge is 2.11. The summed E-state index contributed by atoms with van der Waals surface area (Å²) in [4.78, 5) is 2.47. The number of piperazine rings is 1. The van der Waals surface area contributed by atoms with Crippen LogP contribution in [0.25, 0.3) is 0 Å². The molecule has 0 aromatic rings. The van der Waals surface area contributed by atoms with Gasteiger partial charge < -0.3 is 5.32 Å². The van der Waals surface area contributed by atoms with Crippen molar-refractivity contribution in [2.45, 2.75) is 20.3 Å². The van der Waals surface area contributed by atoms with Crippen LogP contribution < -0.4 is 5.32 Å². The van der Waals surface area contributed by atoms with Crippen molar-refractivity contribution in [3.05, 3.63) is 12.3 Å². The molecule has 0 aromatic heterocycles. The van der Waals surface area contributed by atoms with E-state index in [2.05, 4.69) is 30.6 Å². The molecule has 2 heteroatoms. The minimum atomic E-state index is 0.813. The van der Waals surface area contributed by atoms with Crippen LogP contribution >= 0.6 is 0 Å². The molecule has 1 aliphatic rings. The van der Waals surface area contributed by atoms with Crippen molar-refractivity contribution >= 4 is 0 Å². The van der Waals surface area contributed by atoms with Crippen LogP contribution in [0.3, 0.4) is 0 Å². The maximum Gasteiger partial charge on any atom is 0.0376 e. The normalized spacial score (nSPS) is 19.8. The maximum atomic E-state index is 3.94. The van der Waals surface area contributed by atoms with E-state index in [-0.39, 0.29) is 0 Å². The van der Waals surface area contributed by atoms with Crippen LogP contribution in [0.5, 0.6) is 0 Å². The van der Waals surface area contributed by atoms with E-state index in [9.17, 15) is 0 Å². The van der Waals surface area contributed by atoms with Crippen LogP contribution in [-0.4, -0.2) is 31.1 Å². The molecule has 0 amide bonds. The van der Waals surface area contributed by atoms with Crippen molar-refractivity contribution in [3.63, 3.8) is 0 Å². The summed E-state index contributed by atoms with van der Waals surface area (Å²) in [5.41, 5.74) is 1.17. The first kappa shape index (κ1) is 9.59. The third kappa shape index (κ3) is 3.26. The number of nitrogens with one attached hydrogen (secondary N) is 1. The Morgan fingerprint density at radius 1 is 1.58 bits per heavy atom. The molecule has 0 spiro atoms. The summed E-state index contributed by atoms with van der Waals surface area (Å²) in [6, 6.07) is 0. The predicted octanol–water partition coefficient (Wildman–Crippen LogP) is 1.45. The van der Waals surface area contributed by atoms with E-state index in [1.54, 1.807) is 0 Å². The van der Waals surface area contributed by atoms with Crippen LogP contribution in [0.15, 0.2) is 12.3 Å². The lowest BCUT2D eigenvalue weighted by Gasteiger charge is -2.29. The first-order chi connectivity index (χ1) is 5.68. The van der Waals surface area contributed by atoms with E-state index >= 15 is 0 Å². The summed E-state index contributed by atoms with van der Waals surface area (Å²) in [5.74, 6) is 0.813. The lowest BCUT2D eigenvalue weighted by atomic mass is 10.1. The minimum absolute atomic E-state index is 0.813. The summed E-state index contributed by atoms with van der Waals surface area (Å²) in [7, 11) is 0. The first-order valence-electron chi connectivity index (χ1n) is 4.82. The van der Waals surface area contributed by atoms with Crippen molar-refractivity contribution < 1.29 is 0 Å². The SMILES string of the molecule is C=C1CN(CCC(C)C)CCN1. The summed E-state index contributed by atoms with van der Waals surface area (Å²) in [5, 5.41) is 3.26. The Labute approximate surface area is 75.6 Å². The molecular formula is C10H20N2. The summed E-state index contributed by atoms with van der Waals surface area (Å²) < 4.78 is 0. The van der Waals surface area contributed by atoms with Crippen LogP contribution in [0.1, 0.15) is 20.3 Å². The van der Waals surface area contributed by atoms with Crippen molar-refractivity contribution in [2.24, 2.45) is 5.92 Å². The fourth-order valence-corrected chi connectivity index (χ4v) is 1.43. The van der Waals surface area contributed by atoms with E-state index in [4.69, 9.17) is 0 Å². The first-order valence-corrected chi connectivity index (χ1v) is 4.82. The molecule has 0 saturated carbocycles. The second-order valence-electron chi connectivity index (χ2n) is 3.99. The average molecular weight is 168 g/mol. The number of hydrogen-bond donors (Lipinski definition) is 1. The molecule has 1 aliphatic heterocycles. The quantitative estimate of drug-likeness (QED) is 0.686. The van der Waals surface area contributed by atoms with Gasteiger partial charge in [-0.2, -0.15) is 0 Å². The Morgan fingerprint density at radius 3 is 2.92 bits per heavy atom. The number of hydrogen-bond acceptors (Lipinski definition) is 2. The predicted molar refractivity (Wildman–Crippen MR) is 53.0 cm³/mol. The smallest absolute Gasteiger partial charge is 0.0376 e. The van der Waals surface area contributed by atoms with Gasteiger partial charge in [-0.1, -0.05) is 20.4 Å². The largest absolute Gasteiger partial charge is 0.386 e. The molecule has 0 unspecified atom stereocenters. The molecule has 1 fully saturated rings. The molecule has 0 aliphatic carbocycles. The fourth-order valence-electron chi connectivity index (χ4n) is 1.43. The Hall–Kier alpha value is -0.500. The van der Waals surface area contributed by atoms with E-state index in [1.807, 2.05) is 0 Å². The van der Waals surface area contributed by atoms with E-state index < -0.39 is 0 Å². The molecule has 1 rings (SSSR count). The van der Waals surface area contributed by atoms with Gasteiger partial charge in [0.05, 0.1) is 0 Å². The number of rotatable bonds is 3. The lowest BCUT2D eigenvalue weighted by Crippen LogP contribution is -2.42. The van der Waals surface area contributed by atoms with Gasteiger partial charge in [0.15, 0.2) is 0 Å². The van der Waals surface area contributed by atoms with Crippen molar-refractivity contribution in [3.8, 4) is 0 Å². The molecule has 1 heterocycles. The zero-order valence-electron chi connectivity index (χ0n) is 8.27. The molecule has 1 saturated heterocycles. The molecule has 12 heavy (non-hydrogen) atoms. The van der Waals surface area contributed by atoms with Gasteiger partial charge in [-0.15, -0.1) is 0 Å². The molecular weight excluding hydrogens is 148 g/mol. The summed E-state index contributed by atoms with van der Waals surface area (Å²) in [6.07, 6.45) is 1.30. The second kappa shape index (κ2) is 4.51. The van der Waals surface area contributed by atoms with Crippen LogP contribution in [0.4, 0.5) is 0 Å². The molecule has 70 valence electrons. The zero-order valence-corrected chi connectivity index (χ0v) is 8.27. The van der Waals surface area contributed by atoms with E-state index in [0.717, 1.165) is 19.0 Å². The Morgan fingerprint density at radius 2 is 2.33 bits per heavy atom. The van der Waals surface area contributed by atoms with Crippen molar-refractivity contribution in [2.75, 3.05) is 26.2 Å².